The summed E-state index contributed by atoms with van der Waals surface area (Å²) in [6, 6.07) is 15.9. The molecule has 1 atom stereocenters. The van der Waals surface area contributed by atoms with E-state index >= 15 is 0 Å². The van der Waals surface area contributed by atoms with Crippen LogP contribution in [0.15, 0.2) is 71.6 Å². The summed E-state index contributed by atoms with van der Waals surface area (Å²) in [5.41, 5.74) is 0.849. The van der Waals surface area contributed by atoms with Gasteiger partial charge in [-0.3, -0.25) is 13.9 Å². The monoisotopic (exact) mass is 611 g/mol. The van der Waals surface area contributed by atoms with E-state index in [-0.39, 0.29) is 23.0 Å². The Balaban J connectivity index is 2.06. The third-order valence-electron chi connectivity index (χ3n) is 6.01. The largest absolute Gasteiger partial charge is 0.497 e. The van der Waals surface area contributed by atoms with Gasteiger partial charge in [0.2, 0.25) is 11.8 Å². The van der Waals surface area contributed by atoms with Gasteiger partial charge in [-0.15, -0.1) is 0 Å². The molecule has 0 unspecified atom stereocenters. The first-order chi connectivity index (χ1) is 18.5. The number of hydrogen-bond donors (Lipinski definition) is 1. The van der Waals surface area contributed by atoms with Gasteiger partial charge in [0.15, 0.2) is 0 Å². The van der Waals surface area contributed by atoms with E-state index in [1.807, 2.05) is 0 Å². The highest BCUT2D eigenvalue weighted by molar-refractivity contribution is 7.92. The molecule has 0 heterocycles. The summed E-state index contributed by atoms with van der Waals surface area (Å²) in [6.07, 6.45) is 0.291. The normalized spacial score (nSPS) is 11.9. The maximum atomic E-state index is 13.9. The number of nitrogens with one attached hydrogen (secondary N) is 1. The molecule has 0 aliphatic carbocycles. The second kappa shape index (κ2) is 13.4. The van der Waals surface area contributed by atoms with Crippen molar-refractivity contribution in [2.24, 2.45) is 0 Å². The fourth-order valence-corrected chi connectivity index (χ4v) is 5.79. The number of carbonyl (C=O) groups excluding carboxylic acids is 2. The molecule has 39 heavy (non-hydrogen) atoms. The predicted octanol–water partition coefficient (Wildman–Crippen LogP) is 5.40. The van der Waals surface area contributed by atoms with Crippen molar-refractivity contribution in [3.8, 4) is 5.75 Å². The molecule has 3 rings (SSSR count). The van der Waals surface area contributed by atoms with E-state index in [1.54, 1.807) is 25.1 Å². The van der Waals surface area contributed by atoms with Gasteiger partial charge in [-0.25, -0.2) is 8.42 Å². The lowest BCUT2D eigenvalue weighted by atomic mass is 10.1. The minimum absolute atomic E-state index is 0.00130. The molecule has 3 aromatic carbocycles. The lowest BCUT2D eigenvalue weighted by molar-refractivity contribution is -0.140. The average molecular weight is 613 g/mol. The highest BCUT2D eigenvalue weighted by Crippen LogP contribution is 2.28. The molecule has 0 aliphatic rings. The van der Waals surface area contributed by atoms with Crippen LogP contribution in [0, 0.1) is 0 Å². The number of ether oxygens (including phenoxy) is 1. The molecule has 0 radical (unpaired) electrons. The van der Waals surface area contributed by atoms with Crippen molar-refractivity contribution in [3.63, 3.8) is 0 Å². The molecular weight excluding hydrogens is 585 g/mol. The zero-order valence-electron chi connectivity index (χ0n) is 21.5. The van der Waals surface area contributed by atoms with Gasteiger partial charge in [0.25, 0.3) is 10.0 Å². The Morgan fingerprint density at radius 1 is 0.949 bits per heavy atom. The average Bonchev–Trinajstić information content (AvgIpc) is 2.93. The SMILES string of the molecule is CC[C@H](C(=O)NC)N(Cc1ccc(Cl)c(Cl)c1)C(=O)CN(c1ccc(Cl)cc1)S(=O)(=O)c1ccc(OC)cc1. The highest BCUT2D eigenvalue weighted by Gasteiger charge is 2.33. The summed E-state index contributed by atoms with van der Waals surface area (Å²) < 4.78 is 33.8. The van der Waals surface area contributed by atoms with E-state index < -0.39 is 28.5 Å². The van der Waals surface area contributed by atoms with Gasteiger partial charge >= 0.3 is 0 Å². The second-order valence-corrected chi connectivity index (χ2v) is 11.6. The van der Waals surface area contributed by atoms with Gasteiger partial charge in [-0.2, -0.15) is 0 Å². The van der Waals surface area contributed by atoms with E-state index in [0.29, 0.717) is 32.8 Å². The standard InChI is InChI=1S/C27H28Cl3N3O5S/c1-4-25(27(35)31-2)32(16-18-5-14-23(29)24(30)15-18)26(34)17-33(20-8-6-19(28)7-9-20)39(36,37)22-12-10-21(38-3)11-13-22/h5-15,25H,4,16-17H2,1-3H3,(H,31,35)/t25-/m1/s1. The summed E-state index contributed by atoms with van der Waals surface area (Å²) in [7, 11) is -1.27. The van der Waals surface area contributed by atoms with Gasteiger partial charge in [-0.1, -0.05) is 47.8 Å². The van der Waals surface area contributed by atoms with Gasteiger partial charge in [0.1, 0.15) is 18.3 Å². The Morgan fingerprint density at radius 2 is 1.59 bits per heavy atom. The van der Waals surface area contributed by atoms with Gasteiger partial charge in [-0.05, 0) is 72.6 Å². The minimum atomic E-state index is -4.22. The molecule has 12 heteroatoms. The lowest BCUT2D eigenvalue weighted by Gasteiger charge is -2.33. The first-order valence-corrected chi connectivity index (χ1v) is 14.5. The van der Waals surface area contributed by atoms with Crippen LogP contribution in [0.25, 0.3) is 0 Å². The summed E-state index contributed by atoms with van der Waals surface area (Å²) in [4.78, 5) is 27.9. The summed E-state index contributed by atoms with van der Waals surface area (Å²) in [5.74, 6) is -0.502. The van der Waals surface area contributed by atoms with Crippen molar-refractivity contribution in [2.75, 3.05) is 25.0 Å². The number of benzene rings is 3. The van der Waals surface area contributed by atoms with Crippen LogP contribution in [-0.2, 0) is 26.2 Å². The predicted molar refractivity (Wildman–Crippen MR) is 154 cm³/mol. The lowest BCUT2D eigenvalue weighted by Crippen LogP contribution is -2.51. The number of anilines is 1. The van der Waals surface area contributed by atoms with Crippen LogP contribution in [0.2, 0.25) is 15.1 Å². The Kier molecular flexibility index (Phi) is 10.5. The Bertz CT molecular complexity index is 1420. The summed E-state index contributed by atoms with van der Waals surface area (Å²) >= 11 is 18.3. The van der Waals surface area contributed by atoms with E-state index in [0.717, 1.165) is 4.31 Å². The fourth-order valence-electron chi connectivity index (χ4n) is 3.93. The van der Waals surface area contributed by atoms with Crippen molar-refractivity contribution in [1.82, 2.24) is 10.2 Å². The number of amides is 2. The molecule has 0 fully saturated rings. The smallest absolute Gasteiger partial charge is 0.264 e. The number of hydrogen-bond acceptors (Lipinski definition) is 5. The third kappa shape index (κ3) is 7.36. The second-order valence-electron chi connectivity index (χ2n) is 8.47. The number of nitrogens with zero attached hydrogens (tertiary/aromatic N) is 2. The molecule has 208 valence electrons. The third-order valence-corrected chi connectivity index (χ3v) is 8.79. The number of likely N-dealkylation sites (N-methyl/N-ethyl adjacent to an activating group) is 1. The van der Waals surface area contributed by atoms with Crippen LogP contribution in [0.5, 0.6) is 5.75 Å². The van der Waals surface area contributed by atoms with Crippen molar-refractivity contribution in [3.05, 3.63) is 87.4 Å². The summed E-state index contributed by atoms with van der Waals surface area (Å²) in [6.45, 7) is 1.18. The first kappa shape index (κ1) is 30.6. The quantitative estimate of drug-likeness (QED) is 0.313. The van der Waals surface area contributed by atoms with Crippen LogP contribution in [0.4, 0.5) is 5.69 Å². The van der Waals surface area contributed by atoms with Gasteiger partial charge in [0, 0.05) is 18.6 Å². The van der Waals surface area contributed by atoms with Crippen LogP contribution < -0.4 is 14.4 Å². The molecular formula is C27H28Cl3N3O5S. The molecule has 0 aliphatic heterocycles. The van der Waals surface area contributed by atoms with Crippen LogP contribution in [0.1, 0.15) is 18.9 Å². The maximum Gasteiger partial charge on any atom is 0.264 e. The van der Waals surface area contributed by atoms with E-state index in [1.165, 1.54) is 67.6 Å². The van der Waals surface area contributed by atoms with Crippen LogP contribution >= 0.6 is 34.8 Å². The number of carbonyl (C=O) groups is 2. The van der Waals surface area contributed by atoms with E-state index in [9.17, 15) is 18.0 Å². The summed E-state index contributed by atoms with van der Waals surface area (Å²) in [5, 5.41) is 3.61. The molecule has 0 aromatic heterocycles. The van der Waals surface area contributed by atoms with Crippen molar-refractivity contribution in [1.29, 1.82) is 0 Å². The van der Waals surface area contributed by atoms with E-state index in [4.69, 9.17) is 39.5 Å². The molecule has 0 spiro atoms. The molecule has 3 aromatic rings. The number of sulfonamides is 1. The zero-order valence-corrected chi connectivity index (χ0v) is 24.6. The van der Waals surface area contributed by atoms with Gasteiger partial charge < -0.3 is 15.0 Å². The van der Waals surface area contributed by atoms with Crippen molar-refractivity contribution < 1.29 is 22.7 Å². The molecule has 0 saturated carbocycles. The number of rotatable bonds is 11. The molecule has 8 nitrogen and oxygen atoms in total. The first-order valence-electron chi connectivity index (χ1n) is 11.9. The Labute approximate surface area is 243 Å². The molecule has 0 saturated heterocycles. The highest BCUT2D eigenvalue weighted by atomic mass is 35.5. The molecule has 2 amide bonds. The molecule has 1 N–H and O–H groups in total. The van der Waals surface area contributed by atoms with Crippen molar-refractivity contribution in [2.45, 2.75) is 30.8 Å². The zero-order chi connectivity index (χ0) is 28.7. The number of methoxy groups -OCH3 is 1. The maximum absolute atomic E-state index is 13.9. The minimum Gasteiger partial charge on any atom is -0.497 e. The van der Waals surface area contributed by atoms with Crippen LogP contribution in [-0.4, -0.2) is 51.9 Å². The van der Waals surface area contributed by atoms with E-state index in [2.05, 4.69) is 5.32 Å². The number of halogens is 3. The Hall–Kier alpha value is -2.98. The molecule has 0 bridgehead atoms. The Morgan fingerprint density at radius 3 is 2.13 bits per heavy atom. The fraction of sp³-hybridized carbons (Fsp3) is 0.259. The van der Waals surface area contributed by atoms with Crippen molar-refractivity contribution >= 4 is 62.3 Å². The van der Waals surface area contributed by atoms with Gasteiger partial charge in [0.05, 0.1) is 27.7 Å². The van der Waals surface area contributed by atoms with Crippen LogP contribution in [0.3, 0.4) is 0 Å². The topological polar surface area (TPSA) is 96.0 Å².